The van der Waals surface area contributed by atoms with Crippen LogP contribution in [0.4, 0.5) is 5.69 Å². The molecule has 2 aromatic rings. The van der Waals surface area contributed by atoms with Gasteiger partial charge in [0.05, 0.1) is 17.1 Å². The van der Waals surface area contributed by atoms with Gasteiger partial charge in [-0.25, -0.2) is 0 Å². The van der Waals surface area contributed by atoms with E-state index in [1.807, 2.05) is 13.0 Å². The summed E-state index contributed by atoms with van der Waals surface area (Å²) in [5.74, 6) is 0. The molecule has 0 radical (unpaired) electrons. The van der Waals surface area contributed by atoms with Gasteiger partial charge in [-0.2, -0.15) is 0 Å². The number of rotatable bonds is 4. The van der Waals surface area contributed by atoms with Crippen LogP contribution >= 0.6 is 0 Å². The Hall–Kier alpha value is -1.68. The normalized spacial score (nSPS) is 22.7. The summed E-state index contributed by atoms with van der Waals surface area (Å²) in [6.45, 7) is 2.85. The van der Waals surface area contributed by atoms with Gasteiger partial charge in [0.1, 0.15) is 0 Å². The Morgan fingerprint density at radius 3 is 2.78 bits per heavy atom. The van der Waals surface area contributed by atoms with Crippen LogP contribution < -0.4 is 5.32 Å². The third-order valence-electron chi connectivity index (χ3n) is 3.34. The smallest absolute Gasteiger partial charge is 0.0907 e. The Morgan fingerprint density at radius 1 is 1.22 bits per heavy atom. The van der Waals surface area contributed by atoms with Crippen LogP contribution in [0.5, 0.6) is 0 Å². The Morgan fingerprint density at radius 2 is 2.00 bits per heavy atom. The van der Waals surface area contributed by atoms with E-state index in [1.54, 1.807) is 12.4 Å². The third-order valence-corrected chi connectivity index (χ3v) is 3.34. The van der Waals surface area contributed by atoms with Crippen molar-refractivity contribution in [2.24, 2.45) is 0 Å². The molecule has 1 fully saturated rings. The standard InChI is InChI=1S/C14H17N3O/c1-2-18-12-7-11(8-12)17-10-3-4-13-14(9-10)16-6-5-15-13/h3-6,9,11-12,17H,2,7-8H2,1H3. The summed E-state index contributed by atoms with van der Waals surface area (Å²) in [6, 6.07) is 6.64. The number of ether oxygens (including phenoxy) is 1. The van der Waals surface area contributed by atoms with E-state index in [1.165, 1.54) is 0 Å². The van der Waals surface area contributed by atoms with Gasteiger partial charge in [-0.3, -0.25) is 9.97 Å². The largest absolute Gasteiger partial charge is 0.382 e. The first-order valence-corrected chi connectivity index (χ1v) is 6.44. The number of benzene rings is 1. The molecular formula is C14H17N3O. The van der Waals surface area contributed by atoms with Gasteiger partial charge in [0.25, 0.3) is 0 Å². The van der Waals surface area contributed by atoms with E-state index in [9.17, 15) is 0 Å². The predicted molar refractivity (Wildman–Crippen MR) is 71.6 cm³/mol. The molecule has 0 bridgehead atoms. The van der Waals surface area contributed by atoms with Crippen molar-refractivity contribution < 1.29 is 4.74 Å². The Bertz CT molecular complexity index is 537. The van der Waals surface area contributed by atoms with Crippen molar-refractivity contribution in [3.05, 3.63) is 30.6 Å². The molecule has 1 heterocycles. The van der Waals surface area contributed by atoms with E-state index < -0.39 is 0 Å². The highest BCUT2D eigenvalue weighted by atomic mass is 16.5. The van der Waals surface area contributed by atoms with Gasteiger partial charge in [0.15, 0.2) is 0 Å². The highest BCUT2D eigenvalue weighted by Crippen LogP contribution is 2.27. The lowest BCUT2D eigenvalue weighted by molar-refractivity contribution is 0.00300. The van der Waals surface area contributed by atoms with Crippen LogP contribution in [0.15, 0.2) is 30.6 Å². The molecule has 3 rings (SSSR count). The van der Waals surface area contributed by atoms with Crippen LogP contribution in [0.2, 0.25) is 0 Å². The minimum atomic E-state index is 0.438. The maximum atomic E-state index is 5.55. The first kappa shape index (κ1) is 11.4. The molecule has 1 aliphatic rings. The lowest BCUT2D eigenvalue weighted by atomic mass is 9.89. The van der Waals surface area contributed by atoms with Crippen molar-refractivity contribution in [1.82, 2.24) is 9.97 Å². The van der Waals surface area contributed by atoms with Crippen LogP contribution in [-0.4, -0.2) is 28.7 Å². The first-order valence-electron chi connectivity index (χ1n) is 6.44. The molecule has 1 N–H and O–H groups in total. The molecule has 94 valence electrons. The number of nitrogens with one attached hydrogen (secondary N) is 1. The summed E-state index contributed by atoms with van der Waals surface area (Å²) < 4.78 is 5.55. The average Bonchev–Trinajstić information content (AvgIpc) is 2.36. The molecule has 1 aromatic heterocycles. The van der Waals surface area contributed by atoms with Crippen LogP contribution in [-0.2, 0) is 4.74 Å². The van der Waals surface area contributed by atoms with Crippen molar-refractivity contribution in [3.8, 4) is 0 Å². The van der Waals surface area contributed by atoms with E-state index in [0.717, 1.165) is 36.2 Å². The highest BCUT2D eigenvalue weighted by molar-refractivity contribution is 5.78. The summed E-state index contributed by atoms with van der Waals surface area (Å²) in [4.78, 5) is 8.57. The van der Waals surface area contributed by atoms with Crippen molar-refractivity contribution >= 4 is 16.7 Å². The second-order valence-corrected chi connectivity index (χ2v) is 4.65. The molecule has 1 aromatic carbocycles. The minimum Gasteiger partial charge on any atom is -0.382 e. The van der Waals surface area contributed by atoms with Crippen molar-refractivity contribution in [3.63, 3.8) is 0 Å². The number of hydrogen-bond acceptors (Lipinski definition) is 4. The molecular weight excluding hydrogens is 226 g/mol. The summed E-state index contributed by atoms with van der Waals surface area (Å²) in [5, 5.41) is 3.51. The molecule has 0 spiro atoms. The predicted octanol–water partition coefficient (Wildman–Crippen LogP) is 2.61. The molecule has 4 heteroatoms. The van der Waals surface area contributed by atoms with Crippen molar-refractivity contribution in [2.45, 2.75) is 31.9 Å². The zero-order chi connectivity index (χ0) is 12.4. The highest BCUT2D eigenvalue weighted by Gasteiger charge is 2.29. The van der Waals surface area contributed by atoms with Gasteiger partial charge in [-0.15, -0.1) is 0 Å². The van der Waals surface area contributed by atoms with E-state index in [2.05, 4.69) is 27.4 Å². The van der Waals surface area contributed by atoms with Gasteiger partial charge >= 0.3 is 0 Å². The topological polar surface area (TPSA) is 47.0 Å². The SMILES string of the molecule is CCOC1CC(Nc2ccc3nccnc3c2)C1. The maximum Gasteiger partial charge on any atom is 0.0907 e. The quantitative estimate of drug-likeness (QED) is 0.896. The second-order valence-electron chi connectivity index (χ2n) is 4.65. The number of fused-ring (bicyclic) bond motifs is 1. The monoisotopic (exact) mass is 243 g/mol. The lowest BCUT2D eigenvalue weighted by Gasteiger charge is -2.36. The van der Waals surface area contributed by atoms with Crippen LogP contribution in [0, 0.1) is 0 Å². The Labute approximate surface area is 106 Å². The van der Waals surface area contributed by atoms with Gasteiger partial charge in [0.2, 0.25) is 0 Å². The van der Waals surface area contributed by atoms with E-state index in [0.29, 0.717) is 12.1 Å². The molecule has 0 amide bonds. The Kier molecular flexibility index (Phi) is 3.11. The van der Waals surface area contributed by atoms with Gasteiger partial charge in [-0.05, 0) is 38.0 Å². The van der Waals surface area contributed by atoms with Gasteiger partial charge < -0.3 is 10.1 Å². The number of aromatic nitrogens is 2. The van der Waals surface area contributed by atoms with Gasteiger partial charge in [-0.1, -0.05) is 0 Å². The zero-order valence-electron chi connectivity index (χ0n) is 10.5. The second kappa shape index (κ2) is 4.90. The summed E-state index contributed by atoms with van der Waals surface area (Å²) in [5.41, 5.74) is 2.98. The molecule has 18 heavy (non-hydrogen) atoms. The maximum absolute atomic E-state index is 5.55. The molecule has 0 atom stereocenters. The molecule has 0 unspecified atom stereocenters. The van der Waals surface area contributed by atoms with Crippen LogP contribution in [0.1, 0.15) is 19.8 Å². The first-order chi connectivity index (χ1) is 8.85. The number of anilines is 1. The van der Waals surface area contributed by atoms with Crippen LogP contribution in [0.25, 0.3) is 11.0 Å². The molecule has 1 saturated carbocycles. The van der Waals surface area contributed by atoms with Crippen molar-refractivity contribution in [1.29, 1.82) is 0 Å². The number of hydrogen-bond donors (Lipinski definition) is 1. The Balaban J connectivity index is 1.65. The molecule has 4 nitrogen and oxygen atoms in total. The fraction of sp³-hybridized carbons (Fsp3) is 0.429. The third kappa shape index (κ3) is 2.29. The number of nitrogens with zero attached hydrogens (tertiary/aromatic N) is 2. The fourth-order valence-electron chi connectivity index (χ4n) is 2.34. The van der Waals surface area contributed by atoms with Gasteiger partial charge in [0, 0.05) is 30.7 Å². The molecule has 0 aliphatic heterocycles. The summed E-state index contributed by atoms with van der Waals surface area (Å²) in [6.07, 6.45) is 6.06. The van der Waals surface area contributed by atoms with E-state index in [4.69, 9.17) is 4.74 Å². The molecule has 1 aliphatic carbocycles. The fourth-order valence-corrected chi connectivity index (χ4v) is 2.34. The lowest BCUT2D eigenvalue weighted by Crippen LogP contribution is -2.40. The molecule has 0 saturated heterocycles. The minimum absolute atomic E-state index is 0.438. The van der Waals surface area contributed by atoms with Crippen LogP contribution in [0.3, 0.4) is 0 Å². The summed E-state index contributed by atoms with van der Waals surface area (Å²) >= 11 is 0. The van der Waals surface area contributed by atoms with E-state index >= 15 is 0 Å². The average molecular weight is 243 g/mol. The van der Waals surface area contributed by atoms with Crippen molar-refractivity contribution in [2.75, 3.05) is 11.9 Å². The zero-order valence-corrected chi connectivity index (χ0v) is 10.5. The summed E-state index contributed by atoms with van der Waals surface area (Å²) in [7, 11) is 0. The van der Waals surface area contributed by atoms with E-state index in [-0.39, 0.29) is 0 Å².